The van der Waals surface area contributed by atoms with Gasteiger partial charge in [-0.15, -0.1) is 0 Å². The highest BCUT2D eigenvalue weighted by Crippen LogP contribution is 2.21. The van der Waals surface area contributed by atoms with E-state index >= 15 is 0 Å². The van der Waals surface area contributed by atoms with Crippen LogP contribution in [-0.4, -0.2) is 15.2 Å². The smallest absolute Gasteiger partial charge is 0.137 e. The van der Waals surface area contributed by atoms with Gasteiger partial charge in [-0.05, 0) is 6.42 Å². The highest BCUT2D eigenvalue weighted by Gasteiger charge is 2.20. The van der Waals surface area contributed by atoms with E-state index in [2.05, 4.69) is 36.0 Å². The Hall–Kier alpha value is -0.860. The Kier molecular flexibility index (Phi) is 1.74. The molecule has 0 aliphatic heterocycles. The Morgan fingerprint density at radius 2 is 2.40 bits per heavy atom. The molecule has 3 nitrogen and oxygen atoms in total. The maximum atomic E-state index is 4.09. The predicted octanol–water partition coefficient (Wildman–Crippen LogP) is 1.74. The molecule has 10 heavy (non-hydrogen) atoms. The van der Waals surface area contributed by atoms with Crippen molar-refractivity contribution >= 4 is 0 Å². The molecule has 0 aliphatic rings. The lowest BCUT2D eigenvalue weighted by Crippen LogP contribution is -2.17. The van der Waals surface area contributed by atoms with E-state index < -0.39 is 0 Å². The predicted molar refractivity (Wildman–Crippen MR) is 41.8 cm³/mol. The number of nitrogens with zero attached hydrogens (tertiary/aromatic N) is 2. The van der Waals surface area contributed by atoms with Crippen LogP contribution >= 0.6 is 0 Å². The second-order valence-electron chi connectivity index (χ2n) is 3.07. The Morgan fingerprint density at radius 3 is 2.80 bits per heavy atom. The van der Waals surface area contributed by atoms with Crippen molar-refractivity contribution in [3.05, 3.63) is 12.2 Å². The average Bonchev–Trinajstić information content (AvgIpc) is 2.38. The third-order valence-electron chi connectivity index (χ3n) is 1.94. The fourth-order valence-corrected chi connectivity index (χ4v) is 0.699. The van der Waals surface area contributed by atoms with Crippen LogP contribution < -0.4 is 0 Å². The Bertz CT molecular complexity index is 193. The molecule has 1 aromatic rings. The molecular weight excluding hydrogens is 126 g/mol. The monoisotopic (exact) mass is 141 g/mol. The van der Waals surface area contributed by atoms with Crippen LogP contribution in [0.3, 0.4) is 0 Å². The molecule has 0 saturated carbocycles. The van der Waals surface area contributed by atoms with Gasteiger partial charge in [0.15, 0.2) is 0 Å². The molecule has 1 heterocycles. The van der Waals surface area contributed by atoms with Crippen LogP contribution in [0.4, 0.5) is 0 Å². The average molecular weight is 141 g/mol. The van der Waals surface area contributed by atoms with Crippen molar-refractivity contribution in [2.24, 2.45) is 0 Å². The van der Waals surface area contributed by atoms with Gasteiger partial charge < -0.3 is 0 Å². The van der Waals surface area contributed by atoms with Crippen LogP contribution in [0, 0.1) is 0 Å². The van der Waals surface area contributed by atoms with Crippen molar-refractivity contribution in [3.63, 3.8) is 0 Å². The van der Waals surface area contributed by atoms with E-state index in [0.717, 1.165) is 12.2 Å². The first-order valence-corrected chi connectivity index (χ1v) is 3.52. The quantitative estimate of drug-likeness (QED) is 0.681. The zero-order valence-electron chi connectivity index (χ0n) is 6.68. The van der Waals surface area contributed by atoms with Crippen molar-refractivity contribution in [3.8, 4) is 0 Å². The lowest BCUT2D eigenvalue weighted by atomic mass is 9.90. The maximum Gasteiger partial charge on any atom is 0.137 e. The normalized spacial score (nSPS) is 11.9. The molecule has 0 amide bonds. The van der Waals surface area contributed by atoms with Crippen LogP contribution in [0.25, 0.3) is 0 Å². The second-order valence-corrected chi connectivity index (χ2v) is 3.07. The molecule has 58 valence electrons. The molecule has 0 bridgehead atoms. The van der Waals surface area contributed by atoms with Gasteiger partial charge in [0.25, 0.3) is 0 Å². The molecule has 0 spiro atoms. The summed E-state index contributed by atoms with van der Waals surface area (Å²) >= 11 is 0. The van der Waals surface area contributed by atoms with Gasteiger partial charge in [0.1, 0.15) is 12.2 Å². The first-order chi connectivity index (χ1) is 4.67. The lowest BCUT2D eigenvalue weighted by Gasteiger charge is -2.17. The summed E-state index contributed by atoms with van der Waals surface area (Å²) in [5.41, 5.74) is 0.135. The number of aromatic amines is 1. The zero-order valence-corrected chi connectivity index (χ0v) is 6.68. The molecule has 1 N–H and O–H groups in total. The number of aromatic nitrogens is 3. The van der Waals surface area contributed by atoms with Gasteiger partial charge in [-0.2, -0.15) is 5.10 Å². The number of H-pyrrole nitrogens is 1. The SMILES string of the molecule is CCC(C)(C)c1ncn[nH]1.[HH]. The van der Waals surface area contributed by atoms with Crippen LogP contribution in [0.2, 0.25) is 0 Å². The van der Waals surface area contributed by atoms with Gasteiger partial charge in [0.05, 0.1) is 0 Å². The van der Waals surface area contributed by atoms with Crippen molar-refractivity contribution < 1.29 is 1.43 Å². The maximum absolute atomic E-state index is 4.09. The Balaban J connectivity index is 0.000001000. The van der Waals surface area contributed by atoms with E-state index in [9.17, 15) is 0 Å². The summed E-state index contributed by atoms with van der Waals surface area (Å²) in [7, 11) is 0. The first kappa shape index (κ1) is 7.25. The Morgan fingerprint density at radius 1 is 1.70 bits per heavy atom. The van der Waals surface area contributed by atoms with Crippen molar-refractivity contribution in [2.75, 3.05) is 0 Å². The standard InChI is InChI=1S/C7H13N3.H2/c1-4-7(2,3)6-8-5-9-10-6;/h5H,4H2,1-3H3,(H,8,9,10);1H. The number of nitrogens with one attached hydrogen (secondary N) is 1. The van der Waals surface area contributed by atoms with Gasteiger partial charge >= 0.3 is 0 Å². The lowest BCUT2D eigenvalue weighted by molar-refractivity contribution is 0.475. The largest absolute Gasteiger partial charge is 0.263 e. The molecule has 0 aromatic carbocycles. The van der Waals surface area contributed by atoms with Crippen LogP contribution in [0.5, 0.6) is 0 Å². The third kappa shape index (κ3) is 1.17. The van der Waals surface area contributed by atoms with E-state index in [1.807, 2.05) is 0 Å². The molecule has 1 aromatic heterocycles. The second kappa shape index (κ2) is 2.40. The van der Waals surface area contributed by atoms with E-state index in [1.165, 1.54) is 0 Å². The summed E-state index contributed by atoms with van der Waals surface area (Å²) in [4.78, 5) is 4.09. The summed E-state index contributed by atoms with van der Waals surface area (Å²) in [6.45, 7) is 6.43. The summed E-state index contributed by atoms with van der Waals surface area (Å²) in [6.07, 6.45) is 2.62. The molecule has 0 unspecified atom stereocenters. The van der Waals surface area contributed by atoms with Gasteiger partial charge in [0, 0.05) is 6.84 Å². The molecule has 0 atom stereocenters. The van der Waals surface area contributed by atoms with E-state index in [-0.39, 0.29) is 6.84 Å². The van der Waals surface area contributed by atoms with Crippen LogP contribution in [0.15, 0.2) is 6.33 Å². The fourth-order valence-electron chi connectivity index (χ4n) is 0.699. The molecular formula is C7H15N3. The molecule has 0 saturated heterocycles. The van der Waals surface area contributed by atoms with E-state index in [4.69, 9.17) is 0 Å². The number of hydrogen-bond donors (Lipinski definition) is 1. The van der Waals surface area contributed by atoms with E-state index in [1.54, 1.807) is 6.33 Å². The minimum atomic E-state index is 0. The van der Waals surface area contributed by atoms with Crippen molar-refractivity contribution in [1.82, 2.24) is 15.2 Å². The highest BCUT2D eigenvalue weighted by molar-refractivity contribution is 4.99. The topological polar surface area (TPSA) is 41.6 Å². The zero-order chi connectivity index (χ0) is 7.61. The van der Waals surface area contributed by atoms with Gasteiger partial charge in [-0.1, -0.05) is 20.8 Å². The van der Waals surface area contributed by atoms with Gasteiger partial charge in [-0.25, -0.2) is 4.98 Å². The van der Waals surface area contributed by atoms with E-state index in [0.29, 0.717) is 0 Å². The Labute approximate surface area is 62.4 Å². The summed E-state index contributed by atoms with van der Waals surface area (Å²) in [5.74, 6) is 0.968. The number of hydrogen-bond acceptors (Lipinski definition) is 2. The summed E-state index contributed by atoms with van der Waals surface area (Å²) < 4.78 is 0. The minimum absolute atomic E-state index is 0. The first-order valence-electron chi connectivity index (χ1n) is 3.52. The summed E-state index contributed by atoms with van der Waals surface area (Å²) in [5, 5.41) is 6.67. The molecule has 0 radical (unpaired) electrons. The highest BCUT2D eigenvalue weighted by atomic mass is 15.2. The number of rotatable bonds is 2. The minimum Gasteiger partial charge on any atom is -0.263 e. The summed E-state index contributed by atoms with van der Waals surface area (Å²) in [6, 6.07) is 0. The third-order valence-corrected chi connectivity index (χ3v) is 1.94. The molecule has 0 aliphatic carbocycles. The van der Waals surface area contributed by atoms with Crippen LogP contribution in [0.1, 0.15) is 34.4 Å². The molecule has 1 rings (SSSR count). The van der Waals surface area contributed by atoms with Gasteiger partial charge in [-0.3, -0.25) is 5.10 Å². The fraction of sp³-hybridized carbons (Fsp3) is 0.714. The van der Waals surface area contributed by atoms with Crippen molar-refractivity contribution in [2.45, 2.75) is 32.6 Å². The van der Waals surface area contributed by atoms with Crippen molar-refractivity contribution in [1.29, 1.82) is 0 Å². The molecule has 0 fully saturated rings. The van der Waals surface area contributed by atoms with Gasteiger partial charge in [0.2, 0.25) is 0 Å². The molecule has 3 heteroatoms. The van der Waals surface area contributed by atoms with Crippen LogP contribution in [-0.2, 0) is 5.41 Å².